The van der Waals surface area contributed by atoms with Crippen molar-refractivity contribution < 1.29 is 5.11 Å². The van der Waals surface area contributed by atoms with Gasteiger partial charge in [0.1, 0.15) is 5.75 Å². The Balaban J connectivity index is 2.81. The van der Waals surface area contributed by atoms with Crippen LogP contribution in [0.2, 0.25) is 0 Å². The maximum atomic E-state index is 9.40. The molecule has 0 saturated heterocycles. The lowest BCUT2D eigenvalue weighted by molar-refractivity contribution is 0.479. The molecule has 0 aromatic rings. The molecule has 2 heteroatoms. The number of aryl methyl sites for hydroxylation is 1. The molecule has 1 heterocycles. The highest BCUT2D eigenvalue weighted by Crippen LogP contribution is 2.37. The second kappa shape index (κ2) is 2.24. The zero-order valence-corrected chi connectivity index (χ0v) is 6.98. The minimum absolute atomic E-state index is 0.398. The van der Waals surface area contributed by atoms with Gasteiger partial charge in [0.05, 0.1) is 0 Å². The average molecular weight is 164 g/mol. The molecule has 0 atom stereocenters. The molecule has 1 nitrogen and oxygen atoms in total. The third-order valence-corrected chi connectivity index (χ3v) is 2.51. The lowest BCUT2D eigenvalue weighted by atomic mass is 10.1. The highest BCUT2D eigenvalue weighted by atomic mass is 32.1. The largest absolute Gasteiger partial charge is 0.507 e. The van der Waals surface area contributed by atoms with Gasteiger partial charge >= 0.3 is 0 Å². The molecule has 0 amide bonds. The van der Waals surface area contributed by atoms with Gasteiger partial charge in [0.15, 0.2) is 0 Å². The third-order valence-electron chi connectivity index (χ3n) is 1.84. The highest BCUT2D eigenvalue weighted by Gasteiger charge is 2.10. The van der Waals surface area contributed by atoms with E-state index in [1.165, 1.54) is 0 Å². The van der Waals surface area contributed by atoms with E-state index in [1.807, 2.05) is 23.8 Å². The Bertz CT molecular complexity index is 318. The fourth-order valence-corrected chi connectivity index (χ4v) is 1.95. The topological polar surface area (TPSA) is 20.2 Å². The van der Waals surface area contributed by atoms with Crippen LogP contribution in [0, 0.1) is 6.92 Å². The normalized spacial score (nSPS) is 10.6. The van der Waals surface area contributed by atoms with Crippen molar-refractivity contribution in [3.8, 4) is 16.9 Å². The molecular formula is C9H8OS. The zero-order chi connectivity index (χ0) is 7.84. The van der Waals surface area contributed by atoms with Gasteiger partial charge in [0.2, 0.25) is 0 Å². The minimum Gasteiger partial charge on any atom is -0.507 e. The molecule has 56 valence electrons. The first-order chi connectivity index (χ1) is 5.29. The summed E-state index contributed by atoms with van der Waals surface area (Å²) in [6.07, 6.45) is 0. The molecule has 1 aliphatic heterocycles. The molecule has 0 spiro atoms. The summed E-state index contributed by atoms with van der Waals surface area (Å²) in [5, 5.41) is 13.4. The fourth-order valence-electron chi connectivity index (χ4n) is 1.27. The second-order valence-corrected chi connectivity index (χ2v) is 3.38. The van der Waals surface area contributed by atoms with E-state index in [-0.39, 0.29) is 0 Å². The number of fused-ring (bicyclic) bond motifs is 1. The van der Waals surface area contributed by atoms with Crippen LogP contribution in [0.3, 0.4) is 0 Å². The van der Waals surface area contributed by atoms with E-state index in [9.17, 15) is 5.11 Å². The summed E-state index contributed by atoms with van der Waals surface area (Å²) in [6.45, 7) is 2.01. The monoisotopic (exact) mass is 164 g/mol. The summed E-state index contributed by atoms with van der Waals surface area (Å²) in [7, 11) is 0. The Kier molecular flexibility index (Phi) is 1.36. The van der Waals surface area contributed by atoms with Gasteiger partial charge in [-0.1, -0.05) is 0 Å². The third kappa shape index (κ3) is 0.906. The van der Waals surface area contributed by atoms with Crippen molar-refractivity contribution in [2.45, 2.75) is 6.92 Å². The van der Waals surface area contributed by atoms with Gasteiger partial charge in [-0.25, -0.2) is 0 Å². The first-order valence-electron chi connectivity index (χ1n) is 3.43. The number of hydrogen-bond acceptors (Lipinski definition) is 2. The van der Waals surface area contributed by atoms with E-state index in [0.717, 1.165) is 16.7 Å². The van der Waals surface area contributed by atoms with E-state index >= 15 is 0 Å². The van der Waals surface area contributed by atoms with E-state index in [4.69, 9.17) is 0 Å². The van der Waals surface area contributed by atoms with Crippen molar-refractivity contribution in [3.63, 3.8) is 0 Å². The quantitative estimate of drug-likeness (QED) is 0.634. The van der Waals surface area contributed by atoms with Crippen LogP contribution >= 0.6 is 11.3 Å². The molecule has 11 heavy (non-hydrogen) atoms. The number of rotatable bonds is 0. The van der Waals surface area contributed by atoms with Gasteiger partial charge in [0.25, 0.3) is 0 Å². The average Bonchev–Trinajstić information content (AvgIpc) is 2.30. The van der Waals surface area contributed by atoms with Crippen molar-refractivity contribution in [1.82, 2.24) is 0 Å². The van der Waals surface area contributed by atoms with Gasteiger partial charge in [-0.2, -0.15) is 11.3 Å². The fraction of sp³-hybridized carbons (Fsp3) is 0.111. The first kappa shape index (κ1) is 6.68. The van der Waals surface area contributed by atoms with Gasteiger partial charge in [0, 0.05) is 10.9 Å². The Morgan fingerprint density at radius 2 is 2.18 bits per heavy atom. The maximum absolute atomic E-state index is 9.40. The van der Waals surface area contributed by atoms with Crippen LogP contribution in [0.1, 0.15) is 5.56 Å². The molecule has 0 radical (unpaired) electrons. The molecule has 0 saturated carbocycles. The Morgan fingerprint density at radius 1 is 1.36 bits per heavy atom. The molecule has 2 rings (SSSR count). The molecule has 0 unspecified atom stereocenters. The summed E-state index contributed by atoms with van der Waals surface area (Å²) >= 11 is 1.60. The van der Waals surface area contributed by atoms with Crippen molar-refractivity contribution in [1.29, 1.82) is 0 Å². The number of hydrogen-bond donors (Lipinski definition) is 1. The van der Waals surface area contributed by atoms with Crippen LogP contribution < -0.4 is 0 Å². The lowest BCUT2D eigenvalue weighted by Gasteiger charge is -1.97. The Hall–Kier alpha value is -1.02. The summed E-state index contributed by atoms with van der Waals surface area (Å²) in [4.78, 5) is 0. The van der Waals surface area contributed by atoms with Crippen LogP contribution in [0.15, 0.2) is 22.9 Å². The zero-order valence-electron chi connectivity index (χ0n) is 6.16. The molecule has 0 aromatic heterocycles. The molecular weight excluding hydrogens is 156 g/mol. The van der Waals surface area contributed by atoms with E-state index < -0.39 is 0 Å². The van der Waals surface area contributed by atoms with Crippen molar-refractivity contribution in [3.05, 3.63) is 28.5 Å². The Morgan fingerprint density at radius 3 is 2.91 bits per heavy atom. The van der Waals surface area contributed by atoms with Crippen LogP contribution in [-0.2, 0) is 0 Å². The van der Waals surface area contributed by atoms with Gasteiger partial charge in [-0.05, 0) is 35.6 Å². The summed E-state index contributed by atoms with van der Waals surface area (Å²) < 4.78 is 0. The van der Waals surface area contributed by atoms with Crippen molar-refractivity contribution >= 4 is 11.3 Å². The second-order valence-electron chi connectivity index (χ2n) is 2.60. The standard InChI is InChI=1S/C9H8OS/c1-6-4-9(10)8-5-11-3-2-7(6)8/h2-5,10H,1H3. The van der Waals surface area contributed by atoms with Crippen LogP contribution in [0.4, 0.5) is 0 Å². The Labute approximate surface area is 69.3 Å². The predicted molar refractivity (Wildman–Crippen MR) is 47.3 cm³/mol. The highest BCUT2D eigenvalue weighted by molar-refractivity contribution is 7.08. The van der Waals surface area contributed by atoms with Crippen molar-refractivity contribution in [2.75, 3.05) is 0 Å². The predicted octanol–water partition coefficient (Wildman–Crippen LogP) is 2.87. The van der Waals surface area contributed by atoms with Gasteiger partial charge < -0.3 is 5.11 Å². The summed E-state index contributed by atoms with van der Waals surface area (Å²) in [6, 6.07) is 3.84. The lowest BCUT2D eigenvalue weighted by Crippen LogP contribution is -1.71. The van der Waals surface area contributed by atoms with Crippen LogP contribution in [-0.4, -0.2) is 5.11 Å². The molecule has 0 bridgehead atoms. The molecule has 0 fully saturated rings. The SMILES string of the molecule is Cc1cc(O)c2csccc1-2. The number of aromatic hydroxyl groups is 1. The van der Waals surface area contributed by atoms with E-state index in [2.05, 4.69) is 0 Å². The van der Waals surface area contributed by atoms with Crippen molar-refractivity contribution in [2.24, 2.45) is 0 Å². The summed E-state index contributed by atoms with van der Waals surface area (Å²) in [5.41, 5.74) is 3.27. The van der Waals surface area contributed by atoms with E-state index in [1.54, 1.807) is 17.4 Å². The molecule has 0 aromatic carbocycles. The first-order valence-corrected chi connectivity index (χ1v) is 4.38. The molecule has 1 aliphatic carbocycles. The smallest absolute Gasteiger partial charge is 0.124 e. The maximum Gasteiger partial charge on any atom is 0.124 e. The summed E-state index contributed by atoms with van der Waals surface area (Å²) in [5.74, 6) is 0.398. The molecule has 1 N–H and O–H groups in total. The minimum atomic E-state index is 0.398. The van der Waals surface area contributed by atoms with Gasteiger partial charge in [-0.3, -0.25) is 0 Å². The van der Waals surface area contributed by atoms with Gasteiger partial charge in [-0.15, -0.1) is 0 Å². The molecule has 2 aliphatic rings. The van der Waals surface area contributed by atoms with Crippen LogP contribution in [0.25, 0.3) is 11.1 Å². The van der Waals surface area contributed by atoms with E-state index in [0.29, 0.717) is 5.75 Å². The van der Waals surface area contributed by atoms with Crippen LogP contribution in [0.5, 0.6) is 5.75 Å².